The van der Waals surface area contributed by atoms with Gasteiger partial charge < -0.3 is 0 Å². The minimum atomic E-state index is -0.446. The molecule has 0 saturated carbocycles. The fourth-order valence-corrected chi connectivity index (χ4v) is 2.59. The SMILES string of the molecule is Cc1cc(C)cc(CC(=O)C(C)(C)c2ccccc2)c1. The highest BCUT2D eigenvalue weighted by molar-refractivity contribution is 5.91. The van der Waals surface area contributed by atoms with Crippen LogP contribution in [-0.2, 0) is 16.6 Å². The van der Waals surface area contributed by atoms with Crippen molar-refractivity contribution in [3.05, 3.63) is 70.8 Å². The fourth-order valence-electron chi connectivity index (χ4n) is 2.59. The molecule has 1 nitrogen and oxygen atoms in total. The van der Waals surface area contributed by atoms with Gasteiger partial charge in [0.05, 0.1) is 0 Å². The van der Waals surface area contributed by atoms with E-state index in [0.717, 1.165) is 11.1 Å². The smallest absolute Gasteiger partial charge is 0.147 e. The predicted octanol–water partition coefficient (Wildman–Crippen LogP) is 4.39. The summed E-state index contributed by atoms with van der Waals surface area (Å²) in [6.07, 6.45) is 0.490. The van der Waals surface area contributed by atoms with Crippen LogP contribution < -0.4 is 0 Å². The predicted molar refractivity (Wildman–Crippen MR) is 84.1 cm³/mol. The molecule has 0 spiro atoms. The number of hydrogen-bond acceptors (Lipinski definition) is 1. The number of Topliss-reactive ketones (excluding diaryl/α,β-unsaturated/α-hetero) is 1. The molecule has 0 fully saturated rings. The zero-order valence-electron chi connectivity index (χ0n) is 12.7. The molecular formula is C19H22O. The highest BCUT2D eigenvalue weighted by Crippen LogP contribution is 2.26. The van der Waals surface area contributed by atoms with Gasteiger partial charge in [-0.15, -0.1) is 0 Å². The first-order valence-corrected chi connectivity index (χ1v) is 7.05. The Hall–Kier alpha value is -1.89. The minimum absolute atomic E-state index is 0.258. The van der Waals surface area contributed by atoms with Crippen molar-refractivity contribution in [3.8, 4) is 0 Å². The van der Waals surface area contributed by atoms with Crippen molar-refractivity contribution in [3.63, 3.8) is 0 Å². The van der Waals surface area contributed by atoms with Crippen LogP contribution in [0.15, 0.2) is 48.5 Å². The normalized spacial score (nSPS) is 11.4. The van der Waals surface area contributed by atoms with E-state index >= 15 is 0 Å². The van der Waals surface area contributed by atoms with Crippen LogP contribution in [0.2, 0.25) is 0 Å². The van der Waals surface area contributed by atoms with Gasteiger partial charge in [-0.2, -0.15) is 0 Å². The van der Waals surface area contributed by atoms with Gasteiger partial charge in [-0.05, 0) is 38.8 Å². The Labute approximate surface area is 121 Å². The second kappa shape index (κ2) is 5.62. The van der Waals surface area contributed by atoms with E-state index in [9.17, 15) is 4.79 Å². The van der Waals surface area contributed by atoms with Gasteiger partial charge in [-0.1, -0.05) is 59.7 Å². The monoisotopic (exact) mass is 266 g/mol. The molecule has 0 bridgehead atoms. The van der Waals surface area contributed by atoms with Gasteiger partial charge in [0, 0.05) is 11.8 Å². The van der Waals surface area contributed by atoms with Crippen LogP contribution in [0.25, 0.3) is 0 Å². The van der Waals surface area contributed by atoms with Gasteiger partial charge >= 0.3 is 0 Å². The summed E-state index contributed by atoms with van der Waals surface area (Å²) in [5, 5.41) is 0. The summed E-state index contributed by atoms with van der Waals surface area (Å²) in [5.41, 5.74) is 4.17. The maximum absolute atomic E-state index is 12.7. The molecule has 0 radical (unpaired) electrons. The molecule has 0 atom stereocenters. The molecule has 0 heterocycles. The maximum Gasteiger partial charge on any atom is 0.147 e. The van der Waals surface area contributed by atoms with Gasteiger partial charge in [0.1, 0.15) is 5.78 Å². The summed E-state index contributed by atoms with van der Waals surface area (Å²) in [5.74, 6) is 0.258. The lowest BCUT2D eigenvalue weighted by atomic mass is 9.78. The molecule has 0 N–H and O–H groups in total. The average Bonchev–Trinajstić information content (AvgIpc) is 2.38. The minimum Gasteiger partial charge on any atom is -0.298 e. The second-order valence-corrected chi connectivity index (χ2v) is 6.09. The molecule has 20 heavy (non-hydrogen) atoms. The number of carbonyl (C=O) groups is 1. The van der Waals surface area contributed by atoms with Crippen LogP contribution in [0.5, 0.6) is 0 Å². The number of ketones is 1. The van der Waals surface area contributed by atoms with Crippen LogP contribution in [0, 0.1) is 13.8 Å². The van der Waals surface area contributed by atoms with Crippen molar-refractivity contribution in [1.82, 2.24) is 0 Å². The molecule has 104 valence electrons. The number of rotatable bonds is 4. The van der Waals surface area contributed by atoms with Crippen LogP contribution in [0.4, 0.5) is 0 Å². The summed E-state index contributed by atoms with van der Waals surface area (Å²) in [6.45, 7) is 8.16. The Bertz CT molecular complexity index is 589. The summed E-state index contributed by atoms with van der Waals surface area (Å²) in [7, 11) is 0. The molecule has 0 amide bonds. The lowest BCUT2D eigenvalue weighted by Gasteiger charge is -2.24. The maximum atomic E-state index is 12.7. The van der Waals surface area contributed by atoms with E-state index in [1.54, 1.807) is 0 Å². The van der Waals surface area contributed by atoms with Gasteiger partial charge in [-0.25, -0.2) is 0 Å². The largest absolute Gasteiger partial charge is 0.298 e. The van der Waals surface area contributed by atoms with Gasteiger partial charge in [0.15, 0.2) is 0 Å². The van der Waals surface area contributed by atoms with Crippen molar-refractivity contribution < 1.29 is 4.79 Å². The van der Waals surface area contributed by atoms with Gasteiger partial charge in [-0.3, -0.25) is 4.79 Å². The lowest BCUT2D eigenvalue weighted by Crippen LogP contribution is -2.30. The highest BCUT2D eigenvalue weighted by atomic mass is 16.1. The number of hydrogen-bond donors (Lipinski definition) is 0. The van der Waals surface area contributed by atoms with Crippen LogP contribution >= 0.6 is 0 Å². The van der Waals surface area contributed by atoms with Crippen molar-refractivity contribution in [1.29, 1.82) is 0 Å². The van der Waals surface area contributed by atoms with E-state index in [4.69, 9.17) is 0 Å². The van der Waals surface area contributed by atoms with Crippen molar-refractivity contribution >= 4 is 5.78 Å². The standard InChI is InChI=1S/C19H22O/c1-14-10-15(2)12-16(11-14)13-18(20)19(3,4)17-8-6-5-7-9-17/h5-12H,13H2,1-4H3. The molecule has 2 aromatic carbocycles. The van der Waals surface area contributed by atoms with E-state index in [1.165, 1.54) is 11.1 Å². The molecule has 1 heteroatoms. The first-order valence-electron chi connectivity index (χ1n) is 7.05. The first kappa shape index (κ1) is 14.5. The lowest BCUT2D eigenvalue weighted by molar-refractivity contribution is -0.122. The highest BCUT2D eigenvalue weighted by Gasteiger charge is 2.29. The van der Waals surface area contributed by atoms with Crippen molar-refractivity contribution in [2.75, 3.05) is 0 Å². The van der Waals surface area contributed by atoms with Crippen LogP contribution in [0.3, 0.4) is 0 Å². The van der Waals surface area contributed by atoms with Gasteiger partial charge in [0.25, 0.3) is 0 Å². The van der Waals surface area contributed by atoms with E-state index in [0.29, 0.717) is 6.42 Å². The van der Waals surface area contributed by atoms with Crippen LogP contribution in [0.1, 0.15) is 36.1 Å². The summed E-state index contributed by atoms with van der Waals surface area (Å²) in [6, 6.07) is 16.4. The topological polar surface area (TPSA) is 17.1 Å². The quantitative estimate of drug-likeness (QED) is 0.802. The number of carbonyl (C=O) groups excluding carboxylic acids is 1. The van der Waals surface area contributed by atoms with E-state index in [1.807, 2.05) is 44.2 Å². The average molecular weight is 266 g/mol. The molecule has 0 saturated heterocycles. The fraction of sp³-hybridized carbons (Fsp3) is 0.316. The zero-order chi connectivity index (χ0) is 14.8. The Balaban J connectivity index is 2.23. The molecule has 0 aliphatic carbocycles. The molecular weight excluding hydrogens is 244 g/mol. The third-order valence-corrected chi connectivity index (χ3v) is 3.84. The number of aryl methyl sites for hydroxylation is 2. The number of benzene rings is 2. The zero-order valence-corrected chi connectivity index (χ0v) is 12.7. The third kappa shape index (κ3) is 3.16. The first-order chi connectivity index (χ1) is 9.39. The third-order valence-electron chi connectivity index (χ3n) is 3.84. The Kier molecular flexibility index (Phi) is 4.08. The molecule has 0 aromatic heterocycles. The molecule has 2 aromatic rings. The van der Waals surface area contributed by atoms with Crippen LogP contribution in [-0.4, -0.2) is 5.78 Å². The van der Waals surface area contributed by atoms with E-state index < -0.39 is 5.41 Å². The summed E-state index contributed by atoms with van der Waals surface area (Å²) in [4.78, 5) is 12.7. The summed E-state index contributed by atoms with van der Waals surface area (Å²) < 4.78 is 0. The van der Waals surface area contributed by atoms with E-state index in [-0.39, 0.29) is 5.78 Å². The van der Waals surface area contributed by atoms with Crippen molar-refractivity contribution in [2.45, 2.75) is 39.5 Å². The molecule has 0 aliphatic rings. The van der Waals surface area contributed by atoms with Gasteiger partial charge in [0.2, 0.25) is 0 Å². The molecule has 0 unspecified atom stereocenters. The summed E-state index contributed by atoms with van der Waals surface area (Å²) >= 11 is 0. The Morgan fingerprint density at radius 3 is 2.05 bits per heavy atom. The Morgan fingerprint density at radius 2 is 1.50 bits per heavy atom. The van der Waals surface area contributed by atoms with Crippen molar-refractivity contribution in [2.24, 2.45) is 0 Å². The van der Waals surface area contributed by atoms with E-state index in [2.05, 4.69) is 32.0 Å². The molecule has 2 rings (SSSR count). The Morgan fingerprint density at radius 1 is 0.950 bits per heavy atom. The second-order valence-electron chi connectivity index (χ2n) is 6.09. The molecule has 0 aliphatic heterocycles.